The Kier molecular flexibility index (Phi) is 9.54. The summed E-state index contributed by atoms with van der Waals surface area (Å²) in [5, 5.41) is 8.62. The average Bonchev–Trinajstić information content (AvgIpc) is 3.44. The fourth-order valence-electron chi connectivity index (χ4n) is 3.93. The van der Waals surface area contributed by atoms with E-state index in [0.717, 1.165) is 21.6 Å². The Hall–Kier alpha value is -3.88. The SMILES string of the molecule is O=C(/C=C/c1ccccc1)Nc1cccc(SC(C(=O)Nc2nc(-c3ccc(Cl)cc3Cl)cs2)c2ccccc2)c1. The number of anilines is 2. The van der Waals surface area contributed by atoms with Crippen LogP contribution in [0.4, 0.5) is 10.8 Å². The van der Waals surface area contributed by atoms with Crippen molar-refractivity contribution in [2.45, 2.75) is 10.1 Å². The summed E-state index contributed by atoms with van der Waals surface area (Å²) in [4.78, 5) is 31.5. The molecule has 0 aliphatic rings. The molecule has 41 heavy (non-hydrogen) atoms. The molecule has 5 nitrogen and oxygen atoms in total. The molecule has 5 rings (SSSR count). The second-order valence-corrected chi connectivity index (χ2v) is 11.7. The molecule has 0 spiro atoms. The van der Waals surface area contributed by atoms with Gasteiger partial charge in [0.25, 0.3) is 0 Å². The van der Waals surface area contributed by atoms with E-state index >= 15 is 0 Å². The monoisotopic (exact) mass is 615 g/mol. The van der Waals surface area contributed by atoms with Crippen molar-refractivity contribution in [2.24, 2.45) is 0 Å². The van der Waals surface area contributed by atoms with Crippen molar-refractivity contribution < 1.29 is 9.59 Å². The molecule has 1 heterocycles. The lowest BCUT2D eigenvalue weighted by molar-refractivity contribution is -0.116. The zero-order valence-electron chi connectivity index (χ0n) is 21.5. The zero-order valence-corrected chi connectivity index (χ0v) is 24.6. The number of rotatable bonds is 9. The van der Waals surface area contributed by atoms with E-state index in [1.54, 1.807) is 24.3 Å². The van der Waals surface area contributed by atoms with E-state index in [0.29, 0.717) is 26.6 Å². The molecular weight excluding hydrogens is 593 g/mol. The summed E-state index contributed by atoms with van der Waals surface area (Å²) >= 11 is 15.1. The second kappa shape index (κ2) is 13.7. The first kappa shape index (κ1) is 28.6. The van der Waals surface area contributed by atoms with Crippen molar-refractivity contribution in [3.05, 3.63) is 136 Å². The molecule has 4 aromatic carbocycles. The number of amides is 2. The van der Waals surface area contributed by atoms with Crippen LogP contribution in [0.15, 0.2) is 119 Å². The number of hydrogen-bond acceptors (Lipinski definition) is 5. The zero-order chi connectivity index (χ0) is 28.6. The number of nitrogens with zero attached hydrogens (tertiary/aromatic N) is 1. The molecule has 1 unspecified atom stereocenters. The average molecular weight is 617 g/mol. The Morgan fingerprint density at radius 3 is 2.37 bits per heavy atom. The molecule has 1 aromatic heterocycles. The van der Waals surface area contributed by atoms with Gasteiger partial charge in [0.2, 0.25) is 11.8 Å². The van der Waals surface area contributed by atoms with Crippen molar-refractivity contribution in [3.8, 4) is 11.3 Å². The maximum absolute atomic E-state index is 13.6. The second-order valence-electron chi connectivity index (χ2n) is 8.82. The molecule has 0 saturated heterocycles. The maximum Gasteiger partial charge on any atom is 0.248 e. The smallest absolute Gasteiger partial charge is 0.248 e. The van der Waals surface area contributed by atoms with E-state index in [1.807, 2.05) is 90.3 Å². The van der Waals surface area contributed by atoms with Gasteiger partial charge in [-0.25, -0.2) is 4.98 Å². The molecule has 0 fully saturated rings. The van der Waals surface area contributed by atoms with Gasteiger partial charge in [0.15, 0.2) is 5.13 Å². The van der Waals surface area contributed by atoms with Crippen LogP contribution in [0.25, 0.3) is 17.3 Å². The summed E-state index contributed by atoms with van der Waals surface area (Å²) in [6.07, 6.45) is 3.25. The summed E-state index contributed by atoms with van der Waals surface area (Å²) in [6.45, 7) is 0. The fraction of sp³-hybridized carbons (Fsp3) is 0.0312. The van der Waals surface area contributed by atoms with Crippen LogP contribution in [0.1, 0.15) is 16.4 Å². The van der Waals surface area contributed by atoms with Crippen molar-refractivity contribution in [1.82, 2.24) is 4.98 Å². The van der Waals surface area contributed by atoms with Gasteiger partial charge >= 0.3 is 0 Å². The third-order valence-corrected chi connectivity index (χ3v) is 8.42. The van der Waals surface area contributed by atoms with Gasteiger partial charge in [0.1, 0.15) is 5.25 Å². The highest BCUT2D eigenvalue weighted by atomic mass is 35.5. The van der Waals surface area contributed by atoms with E-state index in [1.165, 1.54) is 29.2 Å². The largest absolute Gasteiger partial charge is 0.322 e. The van der Waals surface area contributed by atoms with Crippen molar-refractivity contribution in [2.75, 3.05) is 10.6 Å². The van der Waals surface area contributed by atoms with Gasteiger partial charge in [-0.05, 0) is 53.6 Å². The van der Waals surface area contributed by atoms with Crippen LogP contribution in [-0.4, -0.2) is 16.8 Å². The highest BCUT2D eigenvalue weighted by Crippen LogP contribution is 2.38. The van der Waals surface area contributed by atoms with E-state index < -0.39 is 5.25 Å². The quantitative estimate of drug-likeness (QED) is 0.128. The molecule has 0 bridgehead atoms. The van der Waals surface area contributed by atoms with Crippen LogP contribution in [0.5, 0.6) is 0 Å². The summed E-state index contributed by atoms with van der Waals surface area (Å²) in [5.41, 5.74) is 3.80. The first-order chi connectivity index (χ1) is 19.9. The molecule has 204 valence electrons. The number of carbonyl (C=O) groups is 2. The minimum atomic E-state index is -0.563. The van der Waals surface area contributed by atoms with Crippen molar-refractivity contribution in [3.63, 3.8) is 0 Å². The van der Waals surface area contributed by atoms with Crippen LogP contribution in [0.3, 0.4) is 0 Å². The van der Waals surface area contributed by atoms with Gasteiger partial charge < -0.3 is 10.6 Å². The number of thiazole rings is 1. The van der Waals surface area contributed by atoms with E-state index in [-0.39, 0.29) is 11.8 Å². The van der Waals surface area contributed by atoms with Crippen LogP contribution < -0.4 is 10.6 Å². The molecule has 2 amide bonds. The third kappa shape index (κ3) is 7.86. The topological polar surface area (TPSA) is 71.1 Å². The lowest BCUT2D eigenvalue weighted by Gasteiger charge is -2.17. The highest BCUT2D eigenvalue weighted by molar-refractivity contribution is 8.00. The predicted octanol–water partition coefficient (Wildman–Crippen LogP) is 9.24. The minimum Gasteiger partial charge on any atom is -0.322 e. The van der Waals surface area contributed by atoms with E-state index in [2.05, 4.69) is 15.6 Å². The minimum absolute atomic E-state index is 0.218. The van der Waals surface area contributed by atoms with Gasteiger partial charge in [0.05, 0.1) is 10.7 Å². The molecular formula is C32H23Cl2N3O2S2. The summed E-state index contributed by atoms with van der Waals surface area (Å²) in [7, 11) is 0. The summed E-state index contributed by atoms with van der Waals surface area (Å²) < 4.78 is 0. The Balaban J connectivity index is 1.31. The first-order valence-electron chi connectivity index (χ1n) is 12.5. The van der Waals surface area contributed by atoms with Gasteiger partial charge in [-0.15, -0.1) is 23.1 Å². The molecule has 0 aliphatic carbocycles. The standard InChI is InChI=1S/C32H23Cl2N3O2S2/c33-23-15-16-26(27(34)18-23)28-20-40-32(36-28)37-31(39)30(22-10-5-2-6-11-22)41-25-13-7-12-24(19-25)35-29(38)17-14-21-8-3-1-4-9-21/h1-20,30H,(H,35,38)(H,36,37,39)/b17-14+. The molecule has 5 aromatic rings. The molecule has 0 saturated carbocycles. The normalized spacial score (nSPS) is 11.8. The predicted molar refractivity (Wildman–Crippen MR) is 172 cm³/mol. The number of hydrogen-bond donors (Lipinski definition) is 2. The number of halogens is 2. The van der Waals surface area contributed by atoms with E-state index in [9.17, 15) is 9.59 Å². The number of aromatic nitrogens is 1. The van der Waals surface area contributed by atoms with Crippen molar-refractivity contribution in [1.29, 1.82) is 0 Å². The highest BCUT2D eigenvalue weighted by Gasteiger charge is 2.23. The first-order valence-corrected chi connectivity index (χ1v) is 15.0. The van der Waals surface area contributed by atoms with Gasteiger partial charge in [-0.3, -0.25) is 9.59 Å². The van der Waals surface area contributed by atoms with Gasteiger partial charge in [-0.2, -0.15) is 0 Å². The number of nitrogens with one attached hydrogen (secondary N) is 2. The fourth-order valence-corrected chi connectivity index (χ4v) is 6.23. The third-order valence-electron chi connectivity index (χ3n) is 5.86. The van der Waals surface area contributed by atoms with Crippen LogP contribution >= 0.6 is 46.3 Å². The Morgan fingerprint density at radius 2 is 1.61 bits per heavy atom. The molecule has 1 atom stereocenters. The summed E-state index contributed by atoms with van der Waals surface area (Å²) in [6, 6.07) is 31.8. The number of benzene rings is 4. The van der Waals surface area contributed by atoms with Crippen molar-refractivity contribution >= 4 is 75.0 Å². The number of thioether (sulfide) groups is 1. The molecule has 9 heteroatoms. The van der Waals surface area contributed by atoms with E-state index in [4.69, 9.17) is 23.2 Å². The van der Waals surface area contributed by atoms with Crippen LogP contribution in [0, 0.1) is 0 Å². The van der Waals surface area contributed by atoms with Crippen LogP contribution in [-0.2, 0) is 9.59 Å². The van der Waals surface area contributed by atoms with Gasteiger partial charge in [0, 0.05) is 32.6 Å². The Morgan fingerprint density at radius 1 is 0.854 bits per heavy atom. The lowest BCUT2D eigenvalue weighted by Crippen LogP contribution is -2.19. The van der Waals surface area contributed by atoms with Crippen LogP contribution in [0.2, 0.25) is 10.0 Å². The number of carbonyl (C=O) groups excluding carboxylic acids is 2. The Labute approximate surface area is 256 Å². The summed E-state index contributed by atoms with van der Waals surface area (Å²) in [5.74, 6) is -0.460. The molecule has 0 radical (unpaired) electrons. The van der Waals surface area contributed by atoms with Gasteiger partial charge in [-0.1, -0.05) is 89.9 Å². The maximum atomic E-state index is 13.6. The molecule has 2 N–H and O–H groups in total. The lowest BCUT2D eigenvalue weighted by atomic mass is 10.1. The Bertz CT molecular complexity index is 1690. The molecule has 0 aliphatic heterocycles.